The molecule has 1 heterocycles. The first-order valence-corrected chi connectivity index (χ1v) is 13.7. The summed E-state index contributed by atoms with van der Waals surface area (Å²) in [4.78, 5) is 33.3. The lowest BCUT2D eigenvalue weighted by Crippen LogP contribution is -2.50. The molecule has 39 heavy (non-hydrogen) atoms. The number of nitrogens with one attached hydrogen (secondary N) is 2. The monoisotopic (exact) mass is 535 g/mol. The summed E-state index contributed by atoms with van der Waals surface area (Å²) in [5.74, 6) is 0.352. The van der Waals surface area contributed by atoms with Gasteiger partial charge >= 0.3 is 6.09 Å². The lowest BCUT2D eigenvalue weighted by Gasteiger charge is -2.39. The number of piperazine rings is 1. The highest BCUT2D eigenvalue weighted by atomic mass is 16.6. The van der Waals surface area contributed by atoms with Gasteiger partial charge in [0, 0.05) is 52.6 Å². The Bertz CT molecular complexity index is 1130. The number of rotatable bonds is 10. The van der Waals surface area contributed by atoms with E-state index in [1.165, 1.54) is 12.7 Å². The van der Waals surface area contributed by atoms with Gasteiger partial charge in [0.1, 0.15) is 6.61 Å². The summed E-state index contributed by atoms with van der Waals surface area (Å²) in [6, 6.07) is 6.22. The smallest absolute Gasteiger partial charge is 0.409 e. The molecule has 1 aromatic carbocycles. The van der Waals surface area contributed by atoms with E-state index < -0.39 is 6.04 Å². The minimum atomic E-state index is -0.403. The molecule has 1 saturated carbocycles. The number of methoxy groups -OCH3 is 1. The van der Waals surface area contributed by atoms with Gasteiger partial charge in [-0.2, -0.15) is 0 Å². The molecule has 2 N–H and O–H groups in total. The molecule has 0 radical (unpaired) electrons. The second-order valence-corrected chi connectivity index (χ2v) is 10.5. The Morgan fingerprint density at radius 2 is 2.00 bits per heavy atom. The zero-order valence-corrected chi connectivity index (χ0v) is 23.3. The molecule has 0 spiro atoms. The van der Waals surface area contributed by atoms with Crippen molar-refractivity contribution in [2.45, 2.75) is 38.3 Å². The first-order chi connectivity index (χ1) is 18.9. The Balaban J connectivity index is 1.57. The first-order valence-electron chi connectivity index (χ1n) is 13.7. The van der Waals surface area contributed by atoms with Crippen molar-refractivity contribution in [3.63, 3.8) is 0 Å². The van der Waals surface area contributed by atoms with Crippen molar-refractivity contribution in [1.82, 2.24) is 20.4 Å². The van der Waals surface area contributed by atoms with Crippen LogP contribution in [0.3, 0.4) is 0 Å². The van der Waals surface area contributed by atoms with Crippen molar-refractivity contribution in [2.75, 3.05) is 53.6 Å². The third-order valence-electron chi connectivity index (χ3n) is 7.36. The van der Waals surface area contributed by atoms with Crippen molar-refractivity contribution in [3.05, 3.63) is 65.4 Å². The molecule has 2 amide bonds. The number of aryl methyl sites for hydroxylation is 1. The number of benzene rings is 1. The second kappa shape index (κ2) is 13.6. The highest BCUT2D eigenvalue weighted by Crippen LogP contribution is 2.39. The number of amides is 2. The van der Waals surface area contributed by atoms with Crippen LogP contribution in [0.1, 0.15) is 42.0 Å². The van der Waals surface area contributed by atoms with E-state index in [0.717, 1.165) is 54.6 Å². The van der Waals surface area contributed by atoms with Crippen LogP contribution in [0.4, 0.5) is 4.79 Å². The molecule has 9 heteroatoms. The van der Waals surface area contributed by atoms with Gasteiger partial charge in [0.05, 0.1) is 19.0 Å². The zero-order chi connectivity index (χ0) is 27.8. The van der Waals surface area contributed by atoms with Gasteiger partial charge in [0.2, 0.25) is 5.91 Å². The molecular weight excluding hydrogens is 494 g/mol. The molecule has 3 aliphatic rings. The van der Waals surface area contributed by atoms with E-state index in [1.807, 2.05) is 11.0 Å². The summed E-state index contributed by atoms with van der Waals surface area (Å²) in [6.07, 6.45) is 10.3. The maximum atomic E-state index is 12.6. The average molecular weight is 536 g/mol. The Labute approximate surface area is 231 Å². The topological polar surface area (TPSA) is 95.5 Å². The fourth-order valence-corrected chi connectivity index (χ4v) is 5.13. The summed E-state index contributed by atoms with van der Waals surface area (Å²) in [5, 5.41) is 6.10. The molecule has 2 atom stereocenters. The third kappa shape index (κ3) is 7.80. The number of ether oxygens (including phenoxy) is 2. The number of nitrogens with zero attached hydrogens (tertiary/aromatic N) is 3. The number of aliphatic imine (C=N–C) groups is 1. The van der Waals surface area contributed by atoms with Gasteiger partial charge in [-0.3, -0.25) is 14.7 Å². The number of hydrogen-bond donors (Lipinski definition) is 2. The van der Waals surface area contributed by atoms with Gasteiger partial charge in [-0.1, -0.05) is 42.0 Å². The van der Waals surface area contributed by atoms with Crippen LogP contribution in [0.15, 0.2) is 53.7 Å². The SMILES string of the molecule is C=C1C=C(C(/C=C/NC=NC)NC(=O)COC)c2cc(C)ccc2C(N2CCN(C(=O)OCC3CC3)CC2)C1. The van der Waals surface area contributed by atoms with Crippen molar-refractivity contribution in [3.8, 4) is 0 Å². The lowest BCUT2D eigenvalue weighted by atomic mass is 9.90. The molecule has 2 aliphatic carbocycles. The van der Waals surface area contributed by atoms with E-state index in [9.17, 15) is 9.59 Å². The number of carbonyl (C=O) groups is 2. The summed E-state index contributed by atoms with van der Waals surface area (Å²) in [5.41, 5.74) is 5.37. The van der Waals surface area contributed by atoms with E-state index in [0.29, 0.717) is 25.6 Å². The van der Waals surface area contributed by atoms with Crippen LogP contribution < -0.4 is 10.6 Å². The van der Waals surface area contributed by atoms with E-state index in [-0.39, 0.29) is 24.6 Å². The van der Waals surface area contributed by atoms with Gasteiger partial charge in [0.15, 0.2) is 0 Å². The Morgan fingerprint density at radius 3 is 2.69 bits per heavy atom. The predicted octanol–water partition coefficient (Wildman–Crippen LogP) is 3.44. The summed E-state index contributed by atoms with van der Waals surface area (Å²) in [7, 11) is 3.19. The lowest BCUT2D eigenvalue weighted by molar-refractivity contribution is -0.124. The first kappa shape index (κ1) is 28.6. The molecule has 2 unspecified atom stereocenters. The third-order valence-corrected chi connectivity index (χ3v) is 7.36. The number of carbonyl (C=O) groups excluding carboxylic acids is 2. The minimum absolute atomic E-state index is 0.0287. The van der Waals surface area contributed by atoms with Gasteiger partial charge in [-0.25, -0.2) is 4.79 Å². The Hall–Kier alpha value is -3.43. The summed E-state index contributed by atoms with van der Waals surface area (Å²) < 4.78 is 10.6. The highest BCUT2D eigenvalue weighted by Gasteiger charge is 2.33. The van der Waals surface area contributed by atoms with Crippen LogP contribution in [0, 0.1) is 12.8 Å². The second-order valence-electron chi connectivity index (χ2n) is 10.5. The molecule has 9 nitrogen and oxygen atoms in total. The maximum Gasteiger partial charge on any atom is 0.409 e. The Morgan fingerprint density at radius 1 is 1.23 bits per heavy atom. The highest BCUT2D eigenvalue weighted by molar-refractivity contribution is 5.84. The molecule has 1 aromatic rings. The largest absolute Gasteiger partial charge is 0.449 e. The van der Waals surface area contributed by atoms with E-state index in [4.69, 9.17) is 9.47 Å². The van der Waals surface area contributed by atoms with Crippen molar-refractivity contribution in [1.29, 1.82) is 0 Å². The van der Waals surface area contributed by atoms with Gasteiger partial charge < -0.3 is 25.0 Å². The number of allylic oxidation sites excluding steroid dienone is 1. The molecule has 1 saturated heterocycles. The molecule has 4 rings (SSSR count). The summed E-state index contributed by atoms with van der Waals surface area (Å²) in [6.45, 7) is 9.76. The maximum absolute atomic E-state index is 12.6. The predicted molar refractivity (Wildman–Crippen MR) is 153 cm³/mol. The fourth-order valence-electron chi connectivity index (χ4n) is 5.13. The van der Waals surface area contributed by atoms with Crippen molar-refractivity contribution in [2.24, 2.45) is 10.9 Å². The Kier molecular flexibility index (Phi) is 9.95. The fraction of sp³-hybridized carbons (Fsp3) is 0.500. The van der Waals surface area contributed by atoms with Crippen LogP contribution in [-0.4, -0.2) is 87.7 Å². The zero-order valence-electron chi connectivity index (χ0n) is 23.3. The number of hydrogen-bond acceptors (Lipinski definition) is 6. The number of fused-ring (bicyclic) bond motifs is 1. The van der Waals surface area contributed by atoms with Crippen LogP contribution in [-0.2, 0) is 14.3 Å². The van der Waals surface area contributed by atoms with Crippen LogP contribution >= 0.6 is 0 Å². The molecule has 1 aliphatic heterocycles. The van der Waals surface area contributed by atoms with Gasteiger partial charge in [-0.15, -0.1) is 0 Å². The normalized spacial score (nSPS) is 20.9. The molecular formula is C30H41N5O4. The van der Waals surface area contributed by atoms with E-state index >= 15 is 0 Å². The van der Waals surface area contributed by atoms with E-state index in [1.54, 1.807) is 19.6 Å². The molecule has 0 aromatic heterocycles. The van der Waals surface area contributed by atoms with Crippen molar-refractivity contribution >= 4 is 23.9 Å². The summed E-state index contributed by atoms with van der Waals surface area (Å²) >= 11 is 0. The molecule has 210 valence electrons. The van der Waals surface area contributed by atoms with Crippen LogP contribution in [0.5, 0.6) is 0 Å². The quantitative estimate of drug-likeness (QED) is 0.352. The standard InChI is InChI=1S/C30H41N5O4/c1-21-5-8-24-25(15-21)26(27(9-10-32-20-31-3)33-29(36)19-38-4)16-22(2)17-28(24)34-11-13-35(14-12-34)30(37)39-18-23-6-7-23/h5,8-10,15-16,20,23,27-28H,2,6-7,11-14,17-19H2,1,3-4H3,(H,31,32)(H,33,36)/b10-9+. The molecule has 2 fully saturated rings. The van der Waals surface area contributed by atoms with Gasteiger partial charge in [-0.05, 0) is 54.9 Å². The average Bonchev–Trinajstić information content (AvgIpc) is 3.77. The minimum Gasteiger partial charge on any atom is -0.449 e. The van der Waals surface area contributed by atoms with Crippen LogP contribution in [0.2, 0.25) is 0 Å². The van der Waals surface area contributed by atoms with Crippen molar-refractivity contribution < 1.29 is 19.1 Å². The van der Waals surface area contributed by atoms with Gasteiger partial charge in [0.25, 0.3) is 0 Å². The van der Waals surface area contributed by atoms with Crippen LogP contribution in [0.25, 0.3) is 5.57 Å². The van der Waals surface area contributed by atoms with E-state index in [2.05, 4.69) is 58.3 Å². The molecule has 0 bridgehead atoms.